The van der Waals surface area contributed by atoms with Gasteiger partial charge in [-0.2, -0.15) is 0 Å². The fourth-order valence-electron chi connectivity index (χ4n) is 1.55. The molecule has 2 N–H and O–H groups in total. The van der Waals surface area contributed by atoms with E-state index in [0.29, 0.717) is 6.54 Å². The molecule has 4 heteroatoms. The summed E-state index contributed by atoms with van der Waals surface area (Å²) in [5.41, 5.74) is 3.33. The molecule has 0 aliphatic heterocycles. The first-order valence-electron chi connectivity index (χ1n) is 4.43. The van der Waals surface area contributed by atoms with Crippen LogP contribution in [-0.2, 0) is 6.54 Å². The highest BCUT2D eigenvalue weighted by Gasteiger charge is 2.02. The molecule has 1 heterocycles. The van der Waals surface area contributed by atoms with E-state index in [-0.39, 0.29) is 0 Å². The third kappa shape index (κ3) is 1.68. The number of hydroxylamine groups is 1. The summed E-state index contributed by atoms with van der Waals surface area (Å²) < 4.78 is 3.20. The summed E-state index contributed by atoms with van der Waals surface area (Å²) >= 11 is 3.50. The molecule has 1 aromatic carbocycles. The van der Waals surface area contributed by atoms with Gasteiger partial charge in [-0.1, -0.05) is 22.0 Å². The number of aromatic nitrogens is 1. The van der Waals surface area contributed by atoms with Crippen molar-refractivity contribution in [3.63, 3.8) is 0 Å². The summed E-state index contributed by atoms with van der Waals surface area (Å²) in [6.45, 7) is 1.31. The Kier molecular flexibility index (Phi) is 2.86. The lowest BCUT2D eigenvalue weighted by molar-refractivity contribution is 0.163. The number of rotatable bonds is 3. The summed E-state index contributed by atoms with van der Waals surface area (Å²) in [7, 11) is 0. The molecule has 14 heavy (non-hydrogen) atoms. The monoisotopic (exact) mass is 254 g/mol. The number of nitrogens with one attached hydrogen (secondary N) is 1. The van der Waals surface area contributed by atoms with Gasteiger partial charge in [0.1, 0.15) is 0 Å². The van der Waals surface area contributed by atoms with E-state index in [4.69, 9.17) is 5.21 Å². The van der Waals surface area contributed by atoms with E-state index in [9.17, 15) is 0 Å². The van der Waals surface area contributed by atoms with E-state index >= 15 is 0 Å². The first-order valence-corrected chi connectivity index (χ1v) is 5.22. The lowest BCUT2D eigenvalue weighted by Gasteiger charge is -2.04. The molecule has 0 aliphatic carbocycles. The molecular weight excluding hydrogens is 244 g/mol. The quantitative estimate of drug-likeness (QED) is 0.826. The third-order valence-corrected chi connectivity index (χ3v) is 2.92. The van der Waals surface area contributed by atoms with Crippen molar-refractivity contribution in [1.82, 2.24) is 10.0 Å². The van der Waals surface area contributed by atoms with E-state index in [1.165, 1.54) is 10.9 Å². The normalized spacial score (nSPS) is 11.0. The Morgan fingerprint density at radius 3 is 3.00 bits per heavy atom. The maximum atomic E-state index is 8.52. The Bertz CT molecular complexity index is 439. The van der Waals surface area contributed by atoms with Gasteiger partial charge in [-0.25, -0.2) is 5.48 Å². The summed E-state index contributed by atoms with van der Waals surface area (Å²) in [5.74, 6) is 0. The average Bonchev–Trinajstić information content (AvgIpc) is 2.60. The Morgan fingerprint density at radius 1 is 1.36 bits per heavy atom. The van der Waals surface area contributed by atoms with Crippen molar-refractivity contribution in [3.8, 4) is 0 Å². The van der Waals surface area contributed by atoms with Gasteiger partial charge in [-0.3, -0.25) is 0 Å². The minimum atomic E-state index is 0.552. The van der Waals surface area contributed by atoms with Crippen LogP contribution in [0.2, 0.25) is 0 Å². The van der Waals surface area contributed by atoms with Crippen LogP contribution in [0.5, 0.6) is 0 Å². The fourth-order valence-corrected chi connectivity index (χ4v) is 2.04. The smallest absolute Gasteiger partial charge is 0.0492 e. The number of benzene rings is 1. The second-order valence-corrected chi connectivity index (χ2v) is 3.94. The first-order chi connectivity index (χ1) is 6.83. The molecule has 2 rings (SSSR count). The predicted octanol–water partition coefficient (Wildman–Crippen LogP) is 2.38. The molecule has 0 radical (unpaired) electrons. The van der Waals surface area contributed by atoms with Crippen LogP contribution in [0.1, 0.15) is 0 Å². The van der Waals surface area contributed by atoms with Crippen molar-refractivity contribution < 1.29 is 5.21 Å². The fraction of sp³-hybridized carbons (Fsp3) is 0.200. The van der Waals surface area contributed by atoms with Gasteiger partial charge in [-0.05, 0) is 18.2 Å². The van der Waals surface area contributed by atoms with Crippen LogP contribution >= 0.6 is 15.9 Å². The number of hydrogen-bond donors (Lipinski definition) is 2. The van der Waals surface area contributed by atoms with Gasteiger partial charge < -0.3 is 9.77 Å². The summed E-state index contributed by atoms with van der Waals surface area (Å²) in [6, 6.07) is 8.17. The summed E-state index contributed by atoms with van der Waals surface area (Å²) in [4.78, 5) is 0. The first kappa shape index (κ1) is 9.71. The minimum Gasteiger partial charge on any atom is -0.346 e. The zero-order chi connectivity index (χ0) is 9.97. The molecule has 0 saturated carbocycles. The van der Waals surface area contributed by atoms with Crippen LogP contribution < -0.4 is 5.48 Å². The predicted molar refractivity (Wildman–Crippen MR) is 59.4 cm³/mol. The van der Waals surface area contributed by atoms with Crippen molar-refractivity contribution >= 4 is 26.8 Å². The van der Waals surface area contributed by atoms with Crippen molar-refractivity contribution in [3.05, 3.63) is 34.9 Å². The Hall–Kier alpha value is -0.840. The SMILES string of the molecule is ONCCn1ccc2c(Br)cccc21. The number of halogens is 1. The molecule has 74 valence electrons. The molecular formula is C10H11BrN2O. The molecule has 0 amide bonds. The lowest BCUT2D eigenvalue weighted by Crippen LogP contribution is -2.14. The Balaban J connectivity index is 2.42. The number of fused-ring (bicyclic) bond motifs is 1. The molecule has 1 aromatic heterocycles. The zero-order valence-corrected chi connectivity index (χ0v) is 9.16. The molecule has 3 nitrogen and oxygen atoms in total. The van der Waals surface area contributed by atoms with Gasteiger partial charge in [-0.15, -0.1) is 0 Å². The van der Waals surface area contributed by atoms with Crippen LogP contribution in [0.15, 0.2) is 34.9 Å². The standard InChI is InChI=1S/C10H11BrN2O/c11-9-2-1-3-10-8(9)4-6-13(10)7-5-12-14/h1-4,6,12,14H,5,7H2. The van der Waals surface area contributed by atoms with Crippen molar-refractivity contribution in [2.45, 2.75) is 6.54 Å². The Morgan fingerprint density at radius 2 is 2.21 bits per heavy atom. The van der Waals surface area contributed by atoms with Gasteiger partial charge in [0, 0.05) is 34.7 Å². The largest absolute Gasteiger partial charge is 0.346 e. The molecule has 2 aromatic rings. The van der Waals surface area contributed by atoms with Crippen molar-refractivity contribution in [2.75, 3.05) is 6.54 Å². The van der Waals surface area contributed by atoms with Gasteiger partial charge >= 0.3 is 0 Å². The van der Waals surface area contributed by atoms with Crippen LogP contribution in [0.25, 0.3) is 10.9 Å². The van der Waals surface area contributed by atoms with Crippen molar-refractivity contribution in [1.29, 1.82) is 0 Å². The lowest BCUT2D eigenvalue weighted by atomic mass is 10.2. The van der Waals surface area contributed by atoms with Crippen LogP contribution in [0, 0.1) is 0 Å². The van der Waals surface area contributed by atoms with Crippen LogP contribution in [0.4, 0.5) is 0 Å². The molecule has 0 unspecified atom stereocenters. The van der Waals surface area contributed by atoms with Gasteiger partial charge in [0.2, 0.25) is 0 Å². The molecule has 0 atom stereocenters. The highest BCUT2D eigenvalue weighted by molar-refractivity contribution is 9.10. The van der Waals surface area contributed by atoms with Gasteiger partial charge in [0.05, 0.1) is 0 Å². The second kappa shape index (κ2) is 4.13. The third-order valence-electron chi connectivity index (χ3n) is 2.22. The van der Waals surface area contributed by atoms with E-state index in [2.05, 4.69) is 38.1 Å². The Labute approximate surface area is 90.4 Å². The van der Waals surface area contributed by atoms with E-state index < -0.39 is 0 Å². The number of hydrogen-bond acceptors (Lipinski definition) is 2. The highest BCUT2D eigenvalue weighted by Crippen LogP contribution is 2.24. The van der Waals surface area contributed by atoms with Gasteiger partial charge in [0.25, 0.3) is 0 Å². The van der Waals surface area contributed by atoms with Crippen LogP contribution in [0.3, 0.4) is 0 Å². The average molecular weight is 255 g/mol. The van der Waals surface area contributed by atoms with Crippen LogP contribution in [-0.4, -0.2) is 16.3 Å². The molecule has 0 bridgehead atoms. The maximum Gasteiger partial charge on any atom is 0.0492 e. The zero-order valence-electron chi connectivity index (χ0n) is 7.57. The van der Waals surface area contributed by atoms with Crippen molar-refractivity contribution in [2.24, 2.45) is 0 Å². The molecule has 0 spiro atoms. The molecule has 0 aliphatic rings. The number of nitrogens with zero attached hydrogens (tertiary/aromatic N) is 1. The highest BCUT2D eigenvalue weighted by atomic mass is 79.9. The van der Waals surface area contributed by atoms with E-state index in [1.807, 2.05) is 18.3 Å². The van der Waals surface area contributed by atoms with Gasteiger partial charge in [0.15, 0.2) is 0 Å². The molecule has 0 fully saturated rings. The molecule has 0 saturated heterocycles. The topological polar surface area (TPSA) is 37.2 Å². The summed E-state index contributed by atoms with van der Waals surface area (Å²) in [5, 5.41) is 9.72. The maximum absolute atomic E-state index is 8.52. The van der Waals surface area contributed by atoms with E-state index in [0.717, 1.165) is 11.0 Å². The minimum absolute atomic E-state index is 0.552. The van der Waals surface area contributed by atoms with E-state index in [1.54, 1.807) is 0 Å². The summed E-state index contributed by atoms with van der Waals surface area (Å²) in [6.07, 6.45) is 2.02. The second-order valence-electron chi connectivity index (χ2n) is 3.09.